The van der Waals surface area contributed by atoms with Gasteiger partial charge in [0.25, 0.3) is 11.6 Å². The smallest absolute Gasteiger partial charge is 0.270 e. The number of likely N-dealkylation sites (tertiary alicyclic amines) is 1. The number of hydrogen-bond acceptors (Lipinski definition) is 5. The van der Waals surface area contributed by atoms with Gasteiger partial charge in [-0.1, -0.05) is 17.7 Å². The van der Waals surface area contributed by atoms with E-state index in [4.69, 9.17) is 16.3 Å². The number of non-ortho nitro benzene ring substituents is 1. The number of ether oxygens (including phenoxy) is 1. The molecular formula is C17H16ClN3O4. The number of aromatic nitrogens is 1. The summed E-state index contributed by atoms with van der Waals surface area (Å²) in [6, 6.07) is 7.44. The van der Waals surface area contributed by atoms with E-state index in [1.54, 1.807) is 23.2 Å². The van der Waals surface area contributed by atoms with Crippen LogP contribution in [0.2, 0.25) is 5.02 Å². The zero-order valence-corrected chi connectivity index (χ0v) is 14.1. The number of nitro groups is 1. The molecular weight excluding hydrogens is 346 g/mol. The number of piperidine rings is 1. The highest BCUT2D eigenvalue weighted by Crippen LogP contribution is 2.26. The maximum absolute atomic E-state index is 12.7. The summed E-state index contributed by atoms with van der Waals surface area (Å²) in [5.74, 6) is 0.295. The lowest BCUT2D eigenvalue weighted by Crippen LogP contribution is -2.44. The molecule has 0 bridgehead atoms. The number of carbonyl (C=O) groups excluding carboxylic acids is 1. The van der Waals surface area contributed by atoms with Crippen molar-refractivity contribution in [2.24, 2.45) is 0 Å². The van der Waals surface area contributed by atoms with Gasteiger partial charge in [0, 0.05) is 42.7 Å². The van der Waals surface area contributed by atoms with E-state index in [0.29, 0.717) is 29.4 Å². The standard InChI is InChI=1S/C17H16ClN3O4/c18-15-10-19-7-6-16(15)25-14-5-2-8-20(11-14)17(22)12-3-1-4-13(9-12)21(23)24/h1,3-4,6-7,9-10,14H,2,5,8,11H2. The fraction of sp³-hybridized carbons (Fsp3) is 0.294. The molecule has 0 radical (unpaired) electrons. The third kappa shape index (κ3) is 4.06. The lowest BCUT2D eigenvalue weighted by atomic mass is 10.1. The van der Waals surface area contributed by atoms with Crippen LogP contribution in [0.1, 0.15) is 23.2 Å². The van der Waals surface area contributed by atoms with Crippen molar-refractivity contribution in [1.82, 2.24) is 9.88 Å². The Hall–Kier alpha value is -2.67. The van der Waals surface area contributed by atoms with Gasteiger partial charge in [0.2, 0.25) is 0 Å². The van der Waals surface area contributed by atoms with Crippen LogP contribution in [0.15, 0.2) is 42.7 Å². The second-order valence-corrected chi connectivity index (χ2v) is 6.15. The molecule has 3 rings (SSSR count). The fourth-order valence-corrected chi connectivity index (χ4v) is 2.96. The highest BCUT2D eigenvalue weighted by Gasteiger charge is 2.26. The van der Waals surface area contributed by atoms with Gasteiger partial charge in [-0.15, -0.1) is 0 Å². The molecule has 1 aliphatic heterocycles. The predicted octanol–water partition coefficient (Wildman–Crippen LogP) is 3.33. The molecule has 7 nitrogen and oxygen atoms in total. The molecule has 0 spiro atoms. The van der Waals surface area contributed by atoms with E-state index in [1.807, 2.05) is 0 Å². The van der Waals surface area contributed by atoms with Gasteiger partial charge in [-0.05, 0) is 18.9 Å². The number of benzene rings is 1. The highest BCUT2D eigenvalue weighted by molar-refractivity contribution is 6.31. The molecule has 1 aromatic carbocycles. The van der Waals surface area contributed by atoms with Gasteiger partial charge in [0.1, 0.15) is 16.9 Å². The molecule has 1 atom stereocenters. The Morgan fingerprint density at radius 2 is 2.24 bits per heavy atom. The molecule has 1 unspecified atom stereocenters. The summed E-state index contributed by atoms with van der Waals surface area (Å²) in [6.07, 6.45) is 4.50. The van der Waals surface area contributed by atoms with Gasteiger partial charge in [0.15, 0.2) is 0 Å². The van der Waals surface area contributed by atoms with Gasteiger partial charge in [-0.2, -0.15) is 0 Å². The van der Waals surface area contributed by atoms with Gasteiger partial charge < -0.3 is 9.64 Å². The number of halogens is 1. The Kier molecular flexibility index (Phi) is 5.14. The van der Waals surface area contributed by atoms with Crippen molar-refractivity contribution < 1.29 is 14.5 Å². The molecule has 130 valence electrons. The number of nitro benzene ring substituents is 1. The Balaban J connectivity index is 1.70. The molecule has 2 heterocycles. The van der Waals surface area contributed by atoms with E-state index in [1.165, 1.54) is 24.4 Å². The lowest BCUT2D eigenvalue weighted by molar-refractivity contribution is -0.384. The average molecular weight is 362 g/mol. The van der Waals surface area contributed by atoms with Crippen molar-refractivity contribution in [2.75, 3.05) is 13.1 Å². The Bertz CT molecular complexity index is 799. The summed E-state index contributed by atoms with van der Waals surface area (Å²) in [4.78, 5) is 28.6. The third-order valence-electron chi connectivity index (χ3n) is 4.00. The van der Waals surface area contributed by atoms with Crippen molar-refractivity contribution in [2.45, 2.75) is 18.9 Å². The van der Waals surface area contributed by atoms with E-state index < -0.39 is 4.92 Å². The van der Waals surface area contributed by atoms with Crippen LogP contribution in [0.4, 0.5) is 5.69 Å². The normalized spacial score (nSPS) is 17.2. The van der Waals surface area contributed by atoms with E-state index in [2.05, 4.69) is 4.98 Å². The molecule has 1 saturated heterocycles. The van der Waals surface area contributed by atoms with Gasteiger partial charge in [0.05, 0.1) is 11.5 Å². The van der Waals surface area contributed by atoms with Gasteiger partial charge in [-0.25, -0.2) is 0 Å². The fourth-order valence-electron chi connectivity index (χ4n) is 2.79. The first-order chi connectivity index (χ1) is 12.0. The molecule has 2 aromatic rings. The second-order valence-electron chi connectivity index (χ2n) is 5.75. The second kappa shape index (κ2) is 7.48. The molecule has 1 aliphatic rings. The van der Waals surface area contributed by atoms with Crippen LogP contribution >= 0.6 is 11.6 Å². The summed E-state index contributed by atoms with van der Waals surface area (Å²) in [5, 5.41) is 11.3. The Morgan fingerprint density at radius 3 is 3.00 bits per heavy atom. The Morgan fingerprint density at radius 1 is 1.40 bits per heavy atom. The van der Waals surface area contributed by atoms with Gasteiger partial charge in [-0.3, -0.25) is 19.9 Å². The van der Waals surface area contributed by atoms with Crippen molar-refractivity contribution in [3.05, 3.63) is 63.4 Å². The molecule has 0 saturated carbocycles. The Labute approximate surface area is 149 Å². The summed E-state index contributed by atoms with van der Waals surface area (Å²) < 4.78 is 5.89. The third-order valence-corrected chi connectivity index (χ3v) is 4.28. The molecule has 8 heteroatoms. The van der Waals surface area contributed by atoms with E-state index >= 15 is 0 Å². The van der Waals surface area contributed by atoms with Crippen LogP contribution in [0.3, 0.4) is 0 Å². The maximum atomic E-state index is 12.7. The van der Waals surface area contributed by atoms with E-state index in [0.717, 1.165) is 12.8 Å². The van der Waals surface area contributed by atoms with Gasteiger partial charge >= 0.3 is 0 Å². The van der Waals surface area contributed by atoms with Crippen LogP contribution in [0.25, 0.3) is 0 Å². The number of amides is 1. The van der Waals surface area contributed by atoms with Crippen LogP contribution in [0, 0.1) is 10.1 Å². The van der Waals surface area contributed by atoms with Crippen LogP contribution in [-0.4, -0.2) is 39.9 Å². The summed E-state index contributed by atoms with van der Waals surface area (Å²) in [6.45, 7) is 0.992. The summed E-state index contributed by atoms with van der Waals surface area (Å²) in [5.41, 5.74) is 0.205. The zero-order chi connectivity index (χ0) is 17.8. The lowest BCUT2D eigenvalue weighted by Gasteiger charge is -2.33. The molecule has 1 amide bonds. The SMILES string of the molecule is O=C(c1cccc([N+](=O)[O-])c1)N1CCCC(Oc2ccncc2Cl)C1. The first kappa shape index (κ1) is 17.2. The quantitative estimate of drug-likeness (QED) is 0.616. The molecule has 25 heavy (non-hydrogen) atoms. The van der Waals surface area contributed by atoms with Crippen molar-refractivity contribution in [1.29, 1.82) is 0 Å². The van der Waals surface area contributed by atoms with Crippen molar-refractivity contribution >= 4 is 23.2 Å². The first-order valence-electron chi connectivity index (χ1n) is 7.84. The minimum atomic E-state index is -0.510. The van der Waals surface area contributed by atoms with Crippen LogP contribution < -0.4 is 4.74 Å². The number of nitrogens with zero attached hydrogens (tertiary/aromatic N) is 3. The number of pyridine rings is 1. The highest BCUT2D eigenvalue weighted by atomic mass is 35.5. The molecule has 0 aliphatic carbocycles. The maximum Gasteiger partial charge on any atom is 0.270 e. The molecule has 1 fully saturated rings. The minimum absolute atomic E-state index is 0.0979. The van der Waals surface area contributed by atoms with Crippen LogP contribution in [0.5, 0.6) is 5.75 Å². The first-order valence-corrected chi connectivity index (χ1v) is 8.22. The van der Waals surface area contributed by atoms with E-state index in [9.17, 15) is 14.9 Å². The number of carbonyl (C=O) groups is 1. The van der Waals surface area contributed by atoms with E-state index in [-0.39, 0.29) is 17.7 Å². The topological polar surface area (TPSA) is 85.6 Å². The molecule has 0 N–H and O–H groups in total. The largest absolute Gasteiger partial charge is 0.487 e. The molecule has 1 aromatic heterocycles. The number of rotatable bonds is 4. The summed E-state index contributed by atoms with van der Waals surface area (Å²) in [7, 11) is 0. The average Bonchev–Trinajstić information content (AvgIpc) is 2.63. The van der Waals surface area contributed by atoms with Crippen molar-refractivity contribution in [3.63, 3.8) is 0 Å². The number of hydrogen-bond donors (Lipinski definition) is 0. The van der Waals surface area contributed by atoms with Crippen LogP contribution in [-0.2, 0) is 0 Å². The summed E-state index contributed by atoms with van der Waals surface area (Å²) >= 11 is 6.05. The predicted molar refractivity (Wildman–Crippen MR) is 91.9 cm³/mol. The monoisotopic (exact) mass is 361 g/mol. The van der Waals surface area contributed by atoms with Crippen molar-refractivity contribution in [3.8, 4) is 5.75 Å². The zero-order valence-electron chi connectivity index (χ0n) is 13.3. The minimum Gasteiger partial charge on any atom is -0.487 e.